The van der Waals surface area contributed by atoms with Crippen LogP contribution in [0.5, 0.6) is 0 Å². The van der Waals surface area contributed by atoms with Gasteiger partial charge in [-0.3, -0.25) is 9.59 Å². The fourth-order valence-corrected chi connectivity index (χ4v) is 5.19. The second-order valence-electron chi connectivity index (χ2n) is 6.28. The topological polar surface area (TPSA) is 144 Å². The molecule has 0 aromatic rings. The van der Waals surface area contributed by atoms with Crippen LogP contribution in [0.25, 0.3) is 0 Å². The molecule has 3 saturated heterocycles. The molecule has 2 unspecified atom stereocenters. The van der Waals surface area contributed by atoms with Crippen LogP contribution in [-0.4, -0.2) is 75.3 Å². The molecule has 2 amide bonds. The number of carbonyl (C=O) groups excluding carboxylic acids is 4. The van der Waals surface area contributed by atoms with E-state index in [0.717, 1.165) is 12.8 Å². The van der Waals surface area contributed by atoms with Gasteiger partial charge in [0.25, 0.3) is 5.78 Å². The zero-order valence-corrected chi connectivity index (χ0v) is 15.8. The number of fused-ring (bicyclic) bond motifs is 1. The zero-order chi connectivity index (χ0) is 19.4. The molecular weight excluding hydrogens is 402 g/mol. The predicted octanol–water partition coefficient (Wildman–Crippen LogP) is -0.328. The third-order valence-corrected chi connectivity index (χ3v) is 6.71. The Morgan fingerprint density at radius 2 is 2.04 bits per heavy atom. The van der Waals surface area contributed by atoms with E-state index >= 15 is 0 Å². The van der Waals surface area contributed by atoms with E-state index < -0.39 is 22.3 Å². The summed E-state index contributed by atoms with van der Waals surface area (Å²) >= 11 is 1.72. The molecule has 0 aromatic heterocycles. The molecular formula is C14H19N3O8S2. The zero-order valence-electron chi connectivity index (χ0n) is 14.1. The maximum atomic E-state index is 12.7. The van der Waals surface area contributed by atoms with Gasteiger partial charge in [-0.15, -0.1) is 21.2 Å². The molecule has 3 N–H and O–H groups in total. The maximum Gasteiger partial charge on any atom is 0.394 e. The number of carbonyl (C=O) groups is 4. The summed E-state index contributed by atoms with van der Waals surface area (Å²) in [6, 6.07) is -0.867. The molecule has 27 heavy (non-hydrogen) atoms. The van der Waals surface area contributed by atoms with E-state index in [4.69, 9.17) is 10.1 Å². The van der Waals surface area contributed by atoms with Gasteiger partial charge in [0.05, 0.1) is 17.3 Å². The summed E-state index contributed by atoms with van der Waals surface area (Å²) in [5.74, 6) is -1.82. The average molecular weight is 421 g/mol. The number of urea groups is 1. The average Bonchev–Trinajstić information content (AvgIpc) is 3.35. The van der Waals surface area contributed by atoms with E-state index in [2.05, 4.69) is 20.0 Å². The van der Waals surface area contributed by atoms with Crippen molar-refractivity contribution in [3.8, 4) is 0 Å². The van der Waals surface area contributed by atoms with Crippen molar-refractivity contribution >= 4 is 47.4 Å². The third-order valence-electron chi connectivity index (χ3n) is 4.49. The highest BCUT2D eigenvalue weighted by Gasteiger charge is 2.47. The van der Waals surface area contributed by atoms with Gasteiger partial charge in [-0.05, 0) is 12.8 Å². The van der Waals surface area contributed by atoms with E-state index in [-0.39, 0.29) is 30.3 Å². The van der Waals surface area contributed by atoms with Crippen LogP contribution in [0, 0.1) is 0 Å². The monoisotopic (exact) mass is 421 g/mol. The van der Waals surface area contributed by atoms with Crippen LogP contribution < -0.4 is 10.6 Å². The lowest BCUT2D eigenvalue weighted by molar-refractivity contribution is -0.432. The minimum absolute atomic E-state index is 0.157. The van der Waals surface area contributed by atoms with E-state index in [1.807, 2.05) is 0 Å². The minimum atomic E-state index is -1.25. The molecule has 3 fully saturated rings. The van der Waals surface area contributed by atoms with Gasteiger partial charge < -0.3 is 15.5 Å². The quantitative estimate of drug-likeness (QED) is 0.148. The molecule has 13 heteroatoms. The molecule has 150 valence electrons. The standard InChI is InChI=1S/C14H19N3O8S2/c18-8(12-10-7(6-26-12)15-14(21)16-10)5-9(27-25-24-22)11(19)13(20)23-17-3-1-2-4-17/h7,9-10,12,22H,1-6H2,(H2,15,16,21)/t7-,9?,10-,12?/m0/s1. The second kappa shape index (κ2) is 9.21. The Kier molecular flexibility index (Phi) is 6.94. The number of rotatable bonds is 9. The fraction of sp³-hybridized carbons (Fsp3) is 0.714. The maximum absolute atomic E-state index is 12.7. The van der Waals surface area contributed by atoms with Gasteiger partial charge in [0.1, 0.15) is 11.0 Å². The van der Waals surface area contributed by atoms with Gasteiger partial charge in [-0.1, -0.05) is 5.04 Å². The molecule has 4 atom stereocenters. The number of hydrogen-bond acceptors (Lipinski definition) is 11. The number of nitrogens with zero attached hydrogens (tertiary/aromatic N) is 1. The molecule has 3 aliphatic heterocycles. The van der Waals surface area contributed by atoms with Crippen LogP contribution in [0.1, 0.15) is 19.3 Å². The van der Waals surface area contributed by atoms with Crippen LogP contribution in [0.2, 0.25) is 0 Å². The lowest BCUT2D eigenvalue weighted by Crippen LogP contribution is -2.42. The summed E-state index contributed by atoms with van der Waals surface area (Å²) in [5, 5.41) is 16.8. The first-order chi connectivity index (χ1) is 13.0. The summed E-state index contributed by atoms with van der Waals surface area (Å²) in [7, 11) is 0. The Morgan fingerprint density at radius 3 is 2.74 bits per heavy atom. The van der Waals surface area contributed by atoms with Gasteiger partial charge in [0.15, 0.2) is 0 Å². The van der Waals surface area contributed by atoms with E-state index in [0.29, 0.717) is 30.9 Å². The Balaban J connectivity index is 1.59. The Morgan fingerprint density at radius 1 is 1.30 bits per heavy atom. The predicted molar refractivity (Wildman–Crippen MR) is 93.2 cm³/mol. The molecule has 0 saturated carbocycles. The number of thioether (sulfide) groups is 1. The molecule has 0 radical (unpaired) electrons. The van der Waals surface area contributed by atoms with E-state index in [9.17, 15) is 19.2 Å². The molecule has 0 aromatic carbocycles. The van der Waals surface area contributed by atoms with Crippen molar-refractivity contribution in [3.05, 3.63) is 0 Å². The molecule has 0 aliphatic carbocycles. The number of Topliss-reactive ketones (excluding diaryl/α,β-unsaturated/α-hetero) is 2. The van der Waals surface area contributed by atoms with Crippen molar-refractivity contribution in [1.29, 1.82) is 0 Å². The highest BCUT2D eigenvalue weighted by Crippen LogP contribution is 2.32. The first-order valence-corrected chi connectivity index (χ1v) is 10.2. The van der Waals surface area contributed by atoms with Crippen molar-refractivity contribution in [2.45, 2.75) is 41.8 Å². The summed E-state index contributed by atoms with van der Waals surface area (Å²) < 4.78 is 4.29. The lowest BCUT2D eigenvalue weighted by Gasteiger charge is -2.19. The largest absolute Gasteiger partial charge is 0.394 e. The third kappa shape index (κ3) is 4.92. The van der Waals surface area contributed by atoms with E-state index in [1.54, 1.807) is 0 Å². The molecule has 3 rings (SSSR count). The summed E-state index contributed by atoms with van der Waals surface area (Å²) in [6.45, 7) is 1.08. The van der Waals surface area contributed by atoms with Crippen molar-refractivity contribution in [2.75, 3.05) is 18.8 Å². The van der Waals surface area contributed by atoms with Crippen LogP contribution in [0.4, 0.5) is 4.79 Å². The van der Waals surface area contributed by atoms with Crippen LogP contribution in [-0.2, 0) is 28.6 Å². The fourth-order valence-electron chi connectivity index (χ4n) is 3.20. The minimum Gasteiger partial charge on any atom is -0.362 e. The van der Waals surface area contributed by atoms with Crippen molar-refractivity contribution in [1.82, 2.24) is 15.7 Å². The van der Waals surface area contributed by atoms with Gasteiger partial charge in [0, 0.05) is 37.3 Å². The van der Waals surface area contributed by atoms with Gasteiger partial charge >= 0.3 is 12.0 Å². The number of hydroxylamine groups is 2. The summed E-state index contributed by atoms with van der Waals surface area (Å²) in [6.07, 6.45) is 1.39. The Labute approximate surface area is 162 Å². The molecule has 0 spiro atoms. The van der Waals surface area contributed by atoms with Gasteiger partial charge in [-0.25, -0.2) is 14.8 Å². The van der Waals surface area contributed by atoms with Crippen LogP contribution >= 0.6 is 23.8 Å². The Bertz CT molecular complexity index is 615. The smallest absolute Gasteiger partial charge is 0.362 e. The normalized spacial score (nSPS) is 28.3. The first kappa shape index (κ1) is 20.4. The highest BCUT2D eigenvalue weighted by atomic mass is 32.2. The van der Waals surface area contributed by atoms with Crippen molar-refractivity contribution in [2.24, 2.45) is 0 Å². The summed E-state index contributed by atoms with van der Waals surface area (Å²) in [5.41, 5.74) is 0. The van der Waals surface area contributed by atoms with Gasteiger partial charge in [-0.2, -0.15) is 0 Å². The number of nitrogens with one attached hydrogen (secondary N) is 2. The number of hydrogen-bond donors (Lipinski definition) is 3. The highest BCUT2D eigenvalue weighted by molar-refractivity contribution is 8.01. The van der Waals surface area contributed by atoms with Gasteiger partial charge in [0.2, 0.25) is 0 Å². The first-order valence-electron chi connectivity index (χ1n) is 8.35. The number of amides is 2. The van der Waals surface area contributed by atoms with E-state index in [1.165, 1.54) is 16.8 Å². The number of ketones is 2. The molecule has 3 heterocycles. The lowest BCUT2D eigenvalue weighted by atomic mass is 10.0. The Hall–Kier alpha value is -1.38. The van der Waals surface area contributed by atoms with Crippen LogP contribution in [0.15, 0.2) is 0 Å². The molecule has 3 aliphatic rings. The summed E-state index contributed by atoms with van der Waals surface area (Å²) in [4.78, 5) is 53.5. The SMILES string of the molecule is O=C1N[C@H]2CSC(C(=O)CC(SOOO)C(=O)C(=O)ON3CCCC3)[C@H]2N1. The second-order valence-corrected chi connectivity index (χ2v) is 8.35. The van der Waals surface area contributed by atoms with Crippen molar-refractivity contribution < 1.29 is 38.6 Å². The molecule has 11 nitrogen and oxygen atoms in total. The van der Waals surface area contributed by atoms with Crippen molar-refractivity contribution in [3.63, 3.8) is 0 Å². The van der Waals surface area contributed by atoms with Crippen LogP contribution in [0.3, 0.4) is 0 Å². The molecule has 0 bridgehead atoms.